The molecule has 1 aromatic carbocycles. The van der Waals surface area contributed by atoms with Crippen LogP contribution >= 0.6 is 0 Å². The molecule has 104 valence electrons. The van der Waals surface area contributed by atoms with Crippen LogP contribution in [0.25, 0.3) is 0 Å². The summed E-state index contributed by atoms with van der Waals surface area (Å²) in [4.78, 5) is 2.12. The Kier molecular flexibility index (Phi) is 4.80. The lowest BCUT2D eigenvalue weighted by Gasteiger charge is -2.15. The maximum atomic E-state index is 8.97. The van der Waals surface area contributed by atoms with Gasteiger partial charge in [-0.2, -0.15) is 5.26 Å². The summed E-state index contributed by atoms with van der Waals surface area (Å²) in [5.74, 6) is 2.51. The third-order valence-corrected chi connectivity index (χ3v) is 2.96. The lowest BCUT2D eigenvalue weighted by molar-refractivity contribution is 0.221. The molecule has 0 aliphatic rings. The first-order chi connectivity index (χ1) is 9.69. The highest BCUT2D eigenvalue weighted by Gasteiger charge is 2.05. The van der Waals surface area contributed by atoms with Gasteiger partial charge in [-0.05, 0) is 38.2 Å². The summed E-state index contributed by atoms with van der Waals surface area (Å²) in [7, 11) is 2.01. The maximum absolute atomic E-state index is 8.97. The van der Waals surface area contributed by atoms with Crippen molar-refractivity contribution in [3.63, 3.8) is 0 Å². The van der Waals surface area contributed by atoms with Crippen LogP contribution in [0.2, 0.25) is 0 Å². The number of ether oxygens (including phenoxy) is 1. The van der Waals surface area contributed by atoms with E-state index < -0.39 is 0 Å². The van der Waals surface area contributed by atoms with Crippen LogP contribution in [0.5, 0.6) is 5.75 Å². The van der Waals surface area contributed by atoms with E-state index in [9.17, 15) is 0 Å². The van der Waals surface area contributed by atoms with E-state index in [1.165, 1.54) is 0 Å². The van der Waals surface area contributed by atoms with E-state index in [1.54, 1.807) is 6.07 Å². The Labute approximate surface area is 119 Å². The van der Waals surface area contributed by atoms with E-state index in [2.05, 4.69) is 11.0 Å². The maximum Gasteiger partial charge on any atom is 0.137 e. The molecule has 0 aliphatic heterocycles. The zero-order valence-electron chi connectivity index (χ0n) is 11.8. The molecule has 1 aromatic heterocycles. The monoisotopic (exact) mass is 270 g/mol. The topological polar surface area (TPSA) is 49.4 Å². The molecule has 1 heterocycles. The quantitative estimate of drug-likeness (QED) is 0.809. The molecule has 0 unspecified atom stereocenters. The van der Waals surface area contributed by atoms with Crippen molar-refractivity contribution in [2.45, 2.75) is 13.5 Å². The van der Waals surface area contributed by atoms with Gasteiger partial charge in [0.25, 0.3) is 0 Å². The van der Waals surface area contributed by atoms with Crippen molar-refractivity contribution in [3.8, 4) is 11.8 Å². The van der Waals surface area contributed by atoms with E-state index in [-0.39, 0.29) is 0 Å². The van der Waals surface area contributed by atoms with Crippen molar-refractivity contribution in [1.29, 1.82) is 5.26 Å². The minimum atomic E-state index is 0.537. The fraction of sp³-hybridized carbons (Fsp3) is 0.312. The Hall–Kier alpha value is -2.25. The predicted molar refractivity (Wildman–Crippen MR) is 76.4 cm³/mol. The van der Waals surface area contributed by atoms with E-state index in [0.29, 0.717) is 17.9 Å². The highest BCUT2D eigenvalue weighted by Crippen LogP contribution is 2.16. The number of hydrogen-bond donors (Lipinski definition) is 0. The first-order valence-corrected chi connectivity index (χ1v) is 6.55. The van der Waals surface area contributed by atoms with Crippen molar-refractivity contribution < 1.29 is 9.15 Å². The van der Waals surface area contributed by atoms with Crippen LogP contribution in [0.4, 0.5) is 0 Å². The van der Waals surface area contributed by atoms with E-state index in [4.69, 9.17) is 14.4 Å². The molecule has 4 nitrogen and oxygen atoms in total. The van der Waals surface area contributed by atoms with E-state index in [0.717, 1.165) is 24.6 Å². The standard InChI is InChI=1S/C16H18N2O2/c1-13-7-8-15(20-13)12-18(2)9-10-19-16-6-4-3-5-14(16)11-17/h3-8H,9-10,12H2,1-2H3. The van der Waals surface area contributed by atoms with Crippen LogP contribution in [-0.4, -0.2) is 25.1 Å². The molecule has 0 saturated heterocycles. The van der Waals surface area contributed by atoms with Gasteiger partial charge in [-0.1, -0.05) is 12.1 Å². The molecule has 0 N–H and O–H groups in total. The minimum absolute atomic E-state index is 0.537. The first kappa shape index (κ1) is 14.2. The number of hydrogen-bond acceptors (Lipinski definition) is 4. The van der Waals surface area contributed by atoms with Crippen molar-refractivity contribution in [2.24, 2.45) is 0 Å². The summed E-state index contributed by atoms with van der Waals surface area (Å²) in [5.41, 5.74) is 0.566. The molecule has 0 amide bonds. The molecule has 0 aliphatic carbocycles. The minimum Gasteiger partial charge on any atom is -0.491 e. The molecule has 0 bridgehead atoms. The fourth-order valence-electron chi connectivity index (χ4n) is 1.91. The third-order valence-electron chi connectivity index (χ3n) is 2.96. The molecule has 2 rings (SSSR count). The Morgan fingerprint density at radius 1 is 1.25 bits per heavy atom. The molecule has 0 saturated carbocycles. The van der Waals surface area contributed by atoms with Crippen LogP contribution in [-0.2, 0) is 6.54 Å². The number of furan rings is 1. The van der Waals surface area contributed by atoms with Crippen molar-refractivity contribution in [2.75, 3.05) is 20.2 Å². The van der Waals surface area contributed by atoms with Gasteiger partial charge in [-0.3, -0.25) is 4.90 Å². The molecule has 2 aromatic rings. The Morgan fingerprint density at radius 3 is 2.75 bits per heavy atom. The Balaban J connectivity index is 1.79. The van der Waals surface area contributed by atoms with Crippen molar-refractivity contribution in [1.82, 2.24) is 4.90 Å². The molecular weight excluding hydrogens is 252 g/mol. The molecule has 4 heteroatoms. The van der Waals surface area contributed by atoms with E-state index >= 15 is 0 Å². The second-order valence-corrected chi connectivity index (χ2v) is 4.71. The van der Waals surface area contributed by atoms with E-state index in [1.807, 2.05) is 44.3 Å². The number of para-hydroxylation sites is 1. The summed E-state index contributed by atoms with van der Waals surface area (Å²) in [6.07, 6.45) is 0. The molecule has 0 radical (unpaired) electrons. The van der Waals surface area contributed by atoms with Crippen molar-refractivity contribution in [3.05, 3.63) is 53.5 Å². The number of benzene rings is 1. The van der Waals surface area contributed by atoms with Gasteiger partial charge in [0.05, 0.1) is 12.1 Å². The number of likely N-dealkylation sites (N-methyl/N-ethyl adjacent to an activating group) is 1. The summed E-state index contributed by atoms with van der Waals surface area (Å²) in [6.45, 7) is 3.98. The normalized spacial score (nSPS) is 10.5. The van der Waals surface area contributed by atoms with Gasteiger partial charge >= 0.3 is 0 Å². The lowest BCUT2D eigenvalue weighted by atomic mass is 10.2. The summed E-state index contributed by atoms with van der Waals surface area (Å²) < 4.78 is 11.2. The van der Waals surface area contributed by atoms with Crippen LogP contribution in [0.3, 0.4) is 0 Å². The molecule has 20 heavy (non-hydrogen) atoms. The number of nitriles is 1. The molecular formula is C16H18N2O2. The highest BCUT2D eigenvalue weighted by molar-refractivity contribution is 5.42. The SMILES string of the molecule is Cc1ccc(CN(C)CCOc2ccccc2C#N)o1. The summed E-state index contributed by atoms with van der Waals surface area (Å²) in [6, 6.07) is 13.3. The molecule has 0 fully saturated rings. The van der Waals surface area contributed by atoms with Gasteiger partial charge in [0.1, 0.15) is 29.9 Å². The Bertz CT molecular complexity index is 599. The summed E-state index contributed by atoms with van der Waals surface area (Å²) in [5, 5.41) is 8.97. The highest BCUT2D eigenvalue weighted by atomic mass is 16.5. The summed E-state index contributed by atoms with van der Waals surface area (Å²) >= 11 is 0. The third kappa shape index (κ3) is 3.87. The van der Waals surface area contributed by atoms with Crippen LogP contribution in [0.15, 0.2) is 40.8 Å². The van der Waals surface area contributed by atoms with Gasteiger partial charge in [-0.15, -0.1) is 0 Å². The Morgan fingerprint density at radius 2 is 2.05 bits per heavy atom. The number of nitrogens with zero attached hydrogens (tertiary/aromatic N) is 2. The predicted octanol–water partition coefficient (Wildman–Crippen LogP) is 2.97. The first-order valence-electron chi connectivity index (χ1n) is 6.55. The van der Waals surface area contributed by atoms with Gasteiger partial charge in [0.15, 0.2) is 0 Å². The smallest absolute Gasteiger partial charge is 0.137 e. The number of rotatable bonds is 6. The second-order valence-electron chi connectivity index (χ2n) is 4.71. The number of aryl methyl sites for hydroxylation is 1. The van der Waals surface area contributed by atoms with Gasteiger partial charge < -0.3 is 9.15 Å². The molecule has 0 atom stereocenters. The zero-order chi connectivity index (χ0) is 14.4. The molecule has 0 spiro atoms. The van der Waals surface area contributed by atoms with Gasteiger partial charge in [0.2, 0.25) is 0 Å². The average Bonchev–Trinajstić information content (AvgIpc) is 2.84. The van der Waals surface area contributed by atoms with Crippen LogP contribution in [0, 0.1) is 18.3 Å². The zero-order valence-corrected chi connectivity index (χ0v) is 11.8. The average molecular weight is 270 g/mol. The van der Waals surface area contributed by atoms with Gasteiger partial charge in [0, 0.05) is 6.54 Å². The largest absolute Gasteiger partial charge is 0.491 e. The van der Waals surface area contributed by atoms with Crippen LogP contribution < -0.4 is 4.74 Å². The second kappa shape index (κ2) is 6.78. The lowest BCUT2D eigenvalue weighted by Crippen LogP contribution is -2.23. The van der Waals surface area contributed by atoms with Crippen molar-refractivity contribution >= 4 is 0 Å². The van der Waals surface area contributed by atoms with Gasteiger partial charge in [-0.25, -0.2) is 0 Å². The van der Waals surface area contributed by atoms with Crippen LogP contribution in [0.1, 0.15) is 17.1 Å². The fourth-order valence-corrected chi connectivity index (χ4v) is 1.91.